The zero-order valence-electron chi connectivity index (χ0n) is 12.8. The molecular weight excluding hydrogens is 274 g/mol. The highest BCUT2D eigenvalue weighted by molar-refractivity contribution is 7.89. The summed E-state index contributed by atoms with van der Waals surface area (Å²) < 4.78 is 26.6. The second-order valence-corrected chi connectivity index (χ2v) is 6.89. The van der Waals surface area contributed by atoms with Crippen molar-refractivity contribution in [3.05, 3.63) is 23.9 Å². The molecule has 114 valence electrons. The summed E-state index contributed by atoms with van der Waals surface area (Å²) in [6.45, 7) is 7.66. The Kier molecular flexibility index (Phi) is 6.58. The maximum Gasteiger partial charge on any atom is 0.260 e. The quantitative estimate of drug-likeness (QED) is 0.796. The molecule has 0 amide bonds. The van der Waals surface area contributed by atoms with Crippen molar-refractivity contribution in [3.63, 3.8) is 0 Å². The standard InChI is InChI=1S/C14H25N3O2S/c1-5-12(3)11-17(6-2)20(18,19)14-8-7-13(9-15-4)10-16-14/h7-8,10,12,15H,5-6,9,11H2,1-4H3. The van der Waals surface area contributed by atoms with E-state index in [1.807, 2.05) is 14.0 Å². The van der Waals surface area contributed by atoms with E-state index in [9.17, 15) is 8.42 Å². The van der Waals surface area contributed by atoms with Gasteiger partial charge in [0, 0.05) is 25.8 Å². The Morgan fingerprint density at radius 1 is 1.35 bits per heavy atom. The third-order valence-electron chi connectivity index (χ3n) is 3.35. The predicted octanol–water partition coefficient (Wildman–Crippen LogP) is 1.86. The summed E-state index contributed by atoms with van der Waals surface area (Å²) in [5, 5.41) is 3.14. The highest BCUT2D eigenvalue weighted by Crippen LogP contribution is 2.16. The predicted molar refractivity (Wildman–Crippen MR) is 80.9 cm³/mol. The van der Waals surface area contributed by atoms with E-state index in [1.165, 1.54) is 4.31 Å². The van der Waals surface area contributed by atoms with Crippen LogP contribution < -0.4 is 5.32 Å². The lowest BCUT2D eigenvalue weighted by atomic mass is 10.1. The van der Waals surface area contributed by atoms with Gasteiger partial charge in [-0.3, -0.25) is 0 Å². The molecule has 1 atom stereocenters. The number of nitrogens with zero attached hydrogens (tertiary/aromatic N) is 2. The van der Waals surface area contributed by atoms with Crippen LogP contribution in [0.5, 0.6) is 0 Å². The molecule has 1 heterocycles. The molecular formula is C14H25N3O2S. The first-order chi connectivity index (χ1) is 9.45. The Balaban J connectivity index is 2.95. The average molecular weight is 299 g/mol. The van der Waals surface area contributed by atoms with Crippen molar-refractivity contribution in [2.75, 3.05) is 20.1 Å². The van der Waals surface area contributed by atoms with Gasteiger partial charge in [-0.15, -0.1) is 0 Å². The van der Waals surface area contributed by atoms with E-state index >= 15 is 0 Å². The van der Waals surface area contributed by atoms with Crippen LogP contribution in [0.2, 0.25) is 0 Å². The number of nitrogens with one attached hydrogen (secondary N) is 1. The summed E-state index contributed by atoms with van der Waals surface area (Å²) in [7, 11) is -1.64. The zero-order chi connectivity index (χ0) is 15.2. The summed E-state index contributed by atoms with van der Waals surface area (Å²) >= 11 is 0. The first-order valence-electron chi connectivity index (χ1n) is 7.05. The lowest BCUT2D eigenvalue weighted by molar-refractivity contribution is 0.360. The van der Waals surface area contributed by atoms with E-state index in [0.717, 1.165) is 12.0 Å². The number of hydrogen-bond acceptors (Lipinski definition) is 4. The maximum atomic E-state index is 12.5. The van der Waals surface area contributed by atoms with Gasteiger partial charge < -0.3 is 5.32 Å². The summed E-state index contributed by atoms with van der Waals surface area (Å²) in [6, 6.07) is 3.38. The van der Waals surface area contributed by atoms with Crippen LogP contribution in [0, 0.1) is 5.92 Å². The summed E-state index contributed by atoms with van der Waals surface area (Å²) in [5.74, 6) is 0.341. The van der Waals surface area contributed by atoms with Crippen molar-refractivity contribution in [3.8, 4) is 0 Å². The molecule has 0 aliphatic heterocycles. The van der Waals surface area contributed by atoms with Crippen molar-refractivity contribution in [2.24, 2.45) is 5.92 Å². The molecule has 0 aliphatic carbocycles. The molecule has 0 aromatic carbocycles. The highest BCUT2D eigenvalue weighted by atomic mass is 32.2. The van der Waals surface area contributed by atoms with Gasteiger partial charge in [0.1, 0.15) is 0 Å². The maximum absolute atomic E-state index is 12.5. The molecule has 1 rings (SSSR count). The fraction of sp³-hybridized carbons (Fsp3) is 0.643. The Morgan fingerprint density at radius 3 is 2.50 bits per heavy atom. The summed E-state index contributed by atoms with van der Waals surface area (Å²) in [6.07, 6.45) is 2.57. The van der Waals surface area contributed by atoms with E-state index in [0.29, 0.717) is 25.6 Å². The van der Waals surface area contributed by atoms with Gasteiger partial charge in [0.15, 0.2) is 5.03 Å². The monoisotopic (exact) mass is 299 g/mol. The van der Waals surface area contributed by atoms with E-state index in [-0.39, 0.29) is 5.03 Å². The number of rotatable bonds is 8. The SMILES string of the molecule is CCC(C)CN(CC)S(=O)(=O)c1ccc(CNC)cn1. The molecule has 20 heavy (non-hydrogen) atoms. The molecule has 1 unspecified atom stereocenters. The van der Waals surface area contributed by atoms with E-state index in [1.54, 1.807) is 18.3 Å². The molecule has 0 radical (unpaired) electrons. The lowest BCUT2D eigenvalue weighted by Crippen LogP contribution is -2.35. The first kappa shape index (κ1) is 17.1. The largest absolute Gasteiger partial charge is 0.316 e. The summed E-state index contributed by atoms with van der Waals surface area (Å²) in [4.78, 5) is 4.10. The normalized spacial score (nSPS) is 13.7. The fourth-order valence-corrected chi connectivity index (χ4v) is 3.36. The second kappa shape index (κ2) is 7.71. The van der Waals surface area contributed by atoms with Gasteiger partial charge in [0.05, 0.1) is 0 Å². The van der Waals surface area contributed by atoms with Crippen LogP contribution in [0.4, 0.5) is 0 Å². The van der Waals surface area contributed by atoms with Crippen LogP contribution >= 0.6 is 0 Å². The topological polar surface area (TPSA) is 62.3 Å². The van der Waals surface area contributed by atoms with Crippen molar-refractivity contribution in [1.82, 2.24) is 14.6 Å². The van der Waals surface area contributed by atoms with Gasteiger partial charge >= 0.3 is 0 Å². The minimum atomic E-state index is -3.49. The van der Waals surface area contributed by atoms with Gasteiger partial charge in [-0.2, -0.15) is 4.31 Å². The van der Waals surface area contributed by atoms with Gasteiger partial charge in [-0.05, 0) is 24.6 Å². The highest BCUT2D eigenvalue weighted by Gasteiger charge is 2.25. The minimum absolute atomic E-state index is 0.127. The Hall–Kier alpha value is -0.980. The summed E-state index contributed by atoms with van der Waals surface area (Å²) in [5.41, 5.74) is 0.969. The molecule has 1 aromatic heterocycles. The molecule has 0 aliphatic rings. The number of pyridine rings is 1. The van der Waals surface area contributed by atoms with Crippen molar-refractivity contribution in [2.45, 2.75) is 38.8 Å². The van der Waals surface area contributed by atoms with Crippen molar-refractivity contribution >= 4 is 10.0 Å². The molecule has 6 heteroatoms. The molecule has 0 saturated heterocycles. The smallest absolute Gasteiger partial charge is 0.260 e. The number of hydrogen-bond donors (Lipinski definition) is 1. The number of aromatic nitrogens is 1. The molecule has 5 nitrogen and oxygen atoms in total. The lowest BCUT2D eigenvalue weighted by Gasteiger charge is -2.23. The third-order valence-corrected chi connectivity index (χ3v) is 5.20. The van der Waals surface area contributed by atoms with Crippen molar-refractivity contribution in [1.29, 1.82) is 0 Å². The van der Waals surface area contributed by atoms with Crippen LogP contribution in [-0.2, 0) is 16.6 Å². The van der Waals surface area contributed by atoms with Crippen LogP contribution in [-0.4, -0.2) is 37.8 Å². The Labute approximate surface area is 122 Å². The minimum Gasteiger partial charge on any atom is -0.316 e. The second-order valence-electron chi connectivity index (χ2n) is 5.00. The van der Waals surface area contributed by atoms with Crippen LogP contribution in [0.3, 0.4) is 0 Å². The average Bonchev–Trinajstić information content (AvgIpc) is 2.45. The molecule has 0 fully saturated rings. The van der Waals surface area contributed by atoms with Crippen LogP contribution in [0.25, 0.3) is 0 Å². The van der Waals surface area contributed by atoms with Gasteiger partial charge in [0.25, 0.3) is 10.0 Å². The molecule has 1 N–H and O–H groups in total. The zero-order valence-corrected chi connectivity index (χ0v) is 13.6. The Morgan fingerprint density at radius 2 is 2.05 bits per heavy atom. The van der Waals surface area contributed by atoms with E-state index < -0.39 is 10.0 Å². The molecule has 0 spiro atoms. The van der Waals surface area contributed by atoms with E-state index in [2.05, 4.69) is 24.1 Å². The number of sulfonamides is 1. The third kappa shape index (κ3) is 4.26. The van der Waals surface area contributed by atoms with Gasteiger partial charge in [0.2, 0.25) is 0 Å². The van der Waals surface area contributed by atoms with Gasteiger partial charge in [-0.25, -0.2) is 13.4 Å². The van der Waals surface area contributed by atoms with Gasteiger partial charge in [-0.1, -0.05) is 33.3 Å². The van der Waals surface area contributed by atoms with Crippen molar-refractivity contribution < 1.29 is 8.42 Å². The first-order valence-corrected chi connectivity index (χ1v) is 8.49. The Bertz CT molecular complexity index is 500. The molecule has 0 bridgehead atoms. The fourth-order valence-electron chi connectivity index (χ4n) is 1.88. The van der Waals surface area contributed by atoms with Crippen LogP contribution in [0.1, 0.15) is 32.8 Å². The van der Waals surface area contributed by atoms with Crippen LogP contribution in [0.15, 0.2) is 23.4 Å². The molecule has 0 saturated carbocycles. The molecule has 1 aromatic rings. The van der Waals surface area contributed by atoms with E-state index in [4.69, 9.17) is 0 Å².